The number of thiophene rings is 1. The number of benzene rings is 1. The van der Waals surface area contributed by atoms with E-state index in [1.165, 1.54) is 17.4 Å². The molecule has 8 heteroatoms. The molecule has 1 N–H and O–H groups in total. The molecule has 1 aromatic carbocycles. The van der Waals surface area contributed by atoms with Crippen molar-refractivity contribution < 1.29 is 18.3 Å². The van der Waals surface area contributed by atoms with E-state index in [-0.39, 0.29) is 9.09 Å². The molecule has 5 nitrogen and oxygen atoms in total. The first kappa shape index (κ1) is 17.0. The van der Waals surface area contributed by atoms with Crippen LogP contribution in [0.4, 0.5) is 5.69 Å². The van der Waals surface area contributed by atoms with E-state index in [2.05, 4.69) is 15.9 Å². The van der Waals surface area contributed by atoms with Crippen molar-refractivity contribution in [1.29, 1.82) is 0 Å². The second-order valence-electron chi connectivity index (χ2n) is 4.79. The molecule has 0 aliphatic rings. The van der Waals surface area contributed by atoms with Crippen molar-refractivity contribution in [3.05, 3.63) is 44.7 Å². The van der Waals surface area contributed by atoms with Crippen LogP contribution < -0.4 is 4.31 Å². The van der Waals surface area contributed by atoms with Crippen LogP contribution in [0.2, 0.25) is 0 Å². The topological polar surface area (TPSA) is 74.7 Å². The Balaban J connectivity index is 2.50. The lowest BCUT2D eigenvalue weighted by Crippen LogP contribution is -2.26. The summed E-state index contributed by atoms with van der Waals surface area (Å²) in [6.45, 7) is 3.40. The lowest BCUT2D eigenvalue weighted by molar-refractivity contribution is 0.0701. The van der Waals surface area contributed by atoms with Crippen LogP contribution in [0.3, 0.4) is 0 Å². The van der Waals surface area contributed by atoms with Crippen LogP contribution in [0.15, 0.2) is 32.9 Å². The van der Waals surface area contributed by atoms with Gasteiger partial charge >= 0.3 is 5.97 Å². The van der Waals surface area contributed by atoms with Crippen LogP contribution >= 0.6 is 27.3 Å². The molecule has 0 unspecified atom stereocenters. The second-order valence-corrected chi connectivity index (χ2v) is 8.95. The average molecular weight is 404 g/mol. The van der Waals surface area contributed by atoms with Crippen molar-refractivity contribution in [2.45, 2.75) is 18.1 Å². The predicted molar refractivity (Wildman–Crippen MR) is 90.5 cm³/mol. The highest BCUT2D eigenvalue weighted by atomic mass is 79.9. The van der Waals surface area contributed by atoms with Crippen molar-refractivity contribution in [1.82, 2.24) is 0 Å². The quantitative estimate of drug-likeness (QED) is 0.844. The SMILES string of the molecule is Cc1cc(Br)ccc1N(C)S(=O)(=O)c1cc(C)c(C(=O)O)s1. The predicted octanol–water partition coefficient (Wildman–Crippen LogP) is 3.65. The molecule has 118 valence electrons. The maximum absolute atomic E-state index is 12.7. The summed E-state index contributed by atoms with van der Waals surface area (Å²) in [5.74, 6) is -1.12. The highest BCUT2D eigenvalue weighted by Crippen LogP contribution is 2.32. The summed E-state index contributed by atoms with van der Waals surface area (Å²) in [6.07, 6.45) is 0. The number of aromatic carboxylic acids is 1. The van der Waals surface area contributed by atoms with Crippen molar-refractivity contribution in [2.75, 3.05) is 11.4 Å². The van der Waals surface area contributed by atoms with E-state index < -0.39 is 16.0 Å². The molecule has 22 heavy (non-hydrogen) atoms. The van der Waals surface area contributed by atoms with Gasteiger partial charge in [0.2, 0.25) is 0 Å². The van der Waals surface area contributed by atoms with E-state index in [9.17, 15) is 13.2 Å². The Labute approximate surface area is 141 Å². The normalized spacial score (nSPS) is 11.5. The standard InChI is InChI=1S/C14H14BrNO4S2/c1-8-6-10(15)4-5-11(8)16(3)22(19,20)12-7-9(2)13(21-12)14(17)18/h4-7H,1-3H3,(H,17,18). The summed E-state index contributed by atoms with van der Waals surface area (Å²) in [4.78, 5) is 11.1. The molecule has 0 aliphatic carbocycles. The number of rotatable bonds is 4. The zero-order valence-corrected chi connectivity index (χ0v) is 15.3. The maximum Gasteiger partial charge on any atom is 0.346 e. The van der Waals surface area contributed by atoms with Gasteiger partial charge in [-0.1, -0.05) is 15.9 Å². The van der Waals surface area contributed by atoms with E-state index in [0.717, 1.165) is 21.4 Å². The van der Waals surface area contributed by atoms with E-state index >= 15 is 0 Å². The fraction of sp³-hybridized carbons (Fsp3) is 0.214. The number of aryl methyl sites for hydroxylation is 2. The number of halogens is 1. The van der Waals surface area contributed by atoms with Gasteiger partial charge < -0.3 is 5.11 Å². The fourth-order valence-electron chi connectivity index (χ4n) is 2.03. The summed E-state index contributed by atoms with van der Waals surface area (Å²) in [5.41, 5.74) is 1.79. The van der Waals surface area contributed by atoms with Crippen molar-refractivity contribution in [2.24, 2.45) is 0 Å². The minimum absolute atomic E-state index is 0.0206. The van der Waals surface area contributed by atoms with E-state index in [0.29, 0.717) is 11.3 Å². The first-order chi connectivity index (χ1) is 10.1. The van der Waals surface area contributed by atoms with Gasteiger partial charge in [-0.3, -0.25) is 4.31 Å². The number of hydrogen-bond acceptors (Lipinski definition) is 4. The Morgan fingerprint density at radius 1 is 1.23 bits per heavy atom. The Hall–Kier alpha value is -1.38. The van der Waals surface area contributed by atoms with E-state index in [1.807, 2.05) is 13.0 Å². The highest BCUT2D eigenvalue weighted by molar-refractivity contribution is 9.10. The first-order valence-corrected chi connectivity index (χ1v) is 9.28. The van der Waals surface area contributed by atoms with Crippen molar-refractivity contribution in [3.63, 3.8) is 0 Å². The van der Waals surface area contributed by atoms with Gasteiger partial charge in [0.25, 0.3) is 10.0 Å². The summed E-state index contributed by atoms with van der Waals surface area (Å²) in [7, 11) is -2.33. The highest BCUT2D eigenvalue weighted by Gasteiger charge is 2.27. The molecule has 0 bridgehead atoms. The van der Waals surface area contributed by atoms with Crippen LogP contribution in [0.1, 0.15) is 20.8 Å². The van der Waals surface area contributed by atoms with Gasteiger partial charge in [0.1, 0.15) is 9.09 Å². The van der Waals surface area contributed by atoms with E-state index in [1.54, 1.807) is 19.1 Å². The lowest BCUT2D eigenvalue weighted by atomic mass is 10.2. The summed E-state index contributed by atoms with van der Waals surface area (Å²) in [6, 6.07) is 6.68. The van der Waals surface area contributed by atoms with Gasteiger partial charge in [0.05, 0.1) is 5.69 Å². The molecule has 0 radical (unpaired) electrons. The number of anilines is 1. The minimum Gasteiger partial charge on any atom is -0.477 e. The Bertz CT molecular complexity index is 843. The molecule has 2 rings (SSSR count). The zero-order valence-electron chi connectivity index (χ0n) is 12.1. The van der Waals surface area contributed by atoms with Gasteiger partial charge in [-0.2, -0.15) is 0 Å². The monoisotopic (exact) mass is 403 g/mol. The Morgan fingerprint density at radius 3 is 2.36 bits per heavy atom. The van der Waals surface area contributed by atoms with Crippen LogP contribution in [0.25, 0.3) is 0 Å². The molecule has 0 saturated carbocycles. The molecule has 0 aliphatic heterocycles. The zero-order chi connectivity index (χ0) is 16.7. The van der Waals surface area contributed by atoms with Crippen LogP contribution in [0, 0.1) is 13.8 Å². The van der Waals surface area contributed by atoms with Gasteiger partial charge in [-0.25, -0.2) is 13.2 Å². The van der Waals surface area contributed by atoms with Crippen molar-refractivity contribution in [3.8, 4) is 0 Å². The molecular weight excluding hydrogens is 390 g/mol. The second kappa shape index (κ2) is 6.02. The van der Waals surface area contributed by atoms with E-state index in [4.69, 9.17) is 5.11 Å². The third-order valence-electron chi connectivity index (χ3n) is 3.20. The largest absolute Gasteiger partial charge is 0.477 e. The van der Waals surface area contributed by atoms with Crippen LogP contribution in [-0.4, -0.2) is 26.5 Å². The number of carbonyl (C=O) groups is 1. The van der Waals surface area contributed by atoms with Gasteiger partial charge in [-0.05, 0) is 49.2 Å². The number of sulfonamides is 1. The molecule has 1 heterocycles. The molecule has 1 aromatic heterocycles. The molecule has 0 atom stereocenters. The lowest BCUT2D eigenvalue weighted by Gasteiger charge is -2.20. The molecule has 0 fully saturated rings. The Morgan fingerprint density at radius 2 is 1.86 bits per heavy atom. The fourth-order valence-corrected chi connectivity index (χ4v) is 5.31. The third kappa shape index (κ3) is 3.04. The number of carboxylic acids is 1. The molecule has 2 aromatic rings. The summed E-state index contributed by atoms with van der Waals surface area (Å²) in [5, 5.41) is 9.07. The van der Waals surface area contributed by atoms with Gasteiger partial charge in [0, 0.05) is 11.5 Å². The summed E-state index contributed by atoms with van der Waals surface area (Å²) < 4.78 is 27.4. The molecule has 0 spiro atoms. The molecular formula is C14H14BrNO4S2. The molecule has 0 saturated heterocycles. The minimum atomic E-state index is -3.79. The third-order valence-corrected chi connectivity index (χ3v) is 7.14. The van der Waals surface area contributed by atoms with Gasteiger partial charge in [0.15, 0.2) is 0 Å². The first-order valence-electron chi connectivity index (χ1n) is 6.23. The van der Waals surface area contributed by atoms with Crippen molar-refractivity contribution >= 4 is 48.9 Å². The van der Waals surface area contributed by atoms with Gasteiger partial charge in [-0.15, -0.1) is 11.3 Å². The molecule has 0 amide bonds. The number of nitrogens with zero attached hydrogens (tertiary/aromatic N) is 1. The smallest absolute Gasteiger partial charge is 0.346 e. The summed E-state index contributed by atoms with van der Waals surface area (Å²) >= 11 is 4.11. The Kier molecular flexibility index (Phi) is 4.65. The van der Waals surface area contributed by atoms with Crippen LogP contribution in [0.5, 0.6) is 0 Å². The van der Waals surface area contributed by atoms with Crippen LogP contribution in [-0.2, 0) is 10.0 Å². The maximum atomic E-state index is 12.7. The number of carboxylic acid groups (broad SMARTS) is 1. The number of hydrogen-bond donors (Lipinski definition) is 1. The average Bonchev–Trinajstić information content (AvgIpc) is 2.81.